The van der Waals surface area contributed by atoms with Crippen molar-refractivity contribution in [3.63, 3.8) is 0 Å². The van der Waals surface area contributed by atoms with Gasteiger partial charge in [0.05, 0.1) is 21.8 Å². The van der Waals surface area contributed by atoms with Crippen LogP contribution >= 0.6 is 34.8 Å². The van der Waals surface area contributed by atoms with Crippen molar-refractivity contribution >= 4 is 46.4 Å². The molecule has 98 valence electrons. The Labute approximate surface area is 121 Å². The summed E-state index contributed by atoms with van der Waals surface area (Å²) in [7, 11) is 0. The summed E-state index contributed by atoms with van der Waals surface area (Å²) in [5.41, 5.74) is 0.549. The molecule has 18 heavy (non-hydrogen) atoms. The van der Waals surface area contributed by atoms with Gasteiger partial charge in [-0.15, -0.1) is 0 Å². The lowest BCUT2D eigenvalue weighted by atomic mass is 10.2. The number of nitrogens with zero attached hydrogens (tertiary/aromatic N) is 1. The number of halogens is 3. The van der Waals surface area contributed by atoms with Crippen LogP contribution in [0.5, 0.6) is 0 Å². The maximum atomic E-state index is 12.2. The molecule has 1 heterocycles. The van der Waals surface area contributed by atoms with Crippen LogP contribution < -0.4 is 10.2 Å². The largest absolute Gasteiger partial charge is 0.308 e. The van der Waals surface area contributed by atoms with Crippen molar-refractivity contribution in [3.05, 3.63) is 27.2 Å². The molecular formula is C12H13Cl3N2O. The standard InChI is InChI=1S/C12H13Cl3N2O/c1-2-16-10-3-4-17(12(10)18)11-8(14)5-7(13)6-9(11)15/h5-6,10,16H,2-4H2,1H3. The van der Waals surface area contributed by atoms with Crippen molar-refractivity contribution in [2.45, 2.75) is 19.4 Å². The molecule has 1 N–H and O–H groups in total. The molecule has 1 fully saturated rings. The van der Waals surface area contributed by atoms with Crippen LogP contribution in [-0.4, -0.2) is 25.0 Å². The molecule has 0 aliphatic carbocycles. The monoisotopic (exact) mass is 306 g/mol. The van der Waals surface area contributed by atoms with Gasteiger partial charge in [-0.1, -0.05) is 41.7 Å². The summed E-state index contributed by atoms with van der Waals surface area (Å²) >= 11 is 18.1. The zero-order valence-electron chi connectivity index (χ0n) is 9.84. The number of amides is 1. The van der Waals surface area contributed by atoms with Gasteiger partial charge in [0, 0.05) is 11.6 Å². The lowest BCUT2D eigenvalue weighted by molar-refractivity contribution is -0.118. The maximum absolute atomic E-state index is 12.2. The molecule has 0 radical (unpaired) electrons. The van der Waals surface area contributed by atoms with E-state index < -0.39 is 0 Å². The minimum atomic E-state index is -0.155. The summed E-state index contributed by atoms with van der Waals surface area (Å²) in [6.45, 7) is 3.34. The van der Waals surface area contributed by atoms with Crippen molar-refractivity contribution in [2.24, 2.45) is 0 Å². The summed E-state index contributed by atoms with van der Waals surface area (Å²) < 4.78 is 0. The van der Waals surface area contributed by atoms with Crippen molar-refractivity contribution in [1.82, 2.24) is 5.32 Å². The average molecular weight is 308 g/mol. The van der Waals surface area contributed by atoms with Gasteiger partial charge in [-0.2, -0.15) is 0 Å². The molecule has 0 saturated carbocycles. The normalized spacial score (nSPS) is 19.7. The van der Waals surface area contributed by atoms with Gasteiger partial charge >= 0.3 is 0 Å². The molecule has 1 aromatic rings. The summed E-state index contributed by atoms with van der Waals surface area (Å²) in [6.07, 6.45) is 0.752. The van der Waals surface area contributed by atoms with Crippen molar-refractivity contribution in [3.8, 4) is 0 Å². The topological polar surface area (TPSA) is 32.3 Å². The second-order valence-electron chi connectivity index (χ2n) is 4.11. The highest BCUT2D eigenvalue weighted by Crippen LogP contribution is 2.38. The summed E-state index contributed by atoms with van der Waals surface area (Å²) in [6, 6.07) is 3.04. The van der Waals surface area contributed by atoms with Crippen LogP contribution in [0.1, 0.15) is 13.3 Å². The number of carbonyl (C=O) groups is 1. The van der Waals surface area contributed by atoms with Gasteiger partial charge in [0.25, 0.3) is 0 Å². The molecule has 1 aliphatic rings. The molecule has 1 aliphatic heterocycles. The van der Waals surface area contributed by atoms with E-state index in [9.17, 15) is 4.79 Å². The van der Waals surface area contributed by atoms with Gasteiger partial charge in [-0.05, 0) is 25.1 Å². The number of nitrogens with one attached hydrogen (secondary N) is 1. The molecule has 1 atom stereocenters. The fourth-order valence-electron chi connectivity index (χ4n) is 2.13. The van der Waals surface area contributed by atoms with E-state index in [-0.39, 0.29) is 11.9 Å². The van der Waals surface area contributed by atoms with Crippen molar-refractivity contribution < 1.29 is 4.79 Å². The van der Waals surface area contributed by atoms with Crippen LogP contribution in [0.3, 0.4) is 0 Å². The Kier molecular flexibility index (Phi) is 4.38. The lowest BCUT2D eigenvalue weighted by Gasteiger charge is -2.20. The average Bonchev–Trinajstić information content (AvgIpc) is 2.61. The Morgan fingerprint density at radius 3 is 2.50 bits per heavy atom. The van der Waals surface area contributed by atoms with Gasteiger partial charge in [-0.25, -0.2) is 0 Å². The van der Waals surface area contributed by atoms with E-state index in [1.807, 2.05) is 6.92 Å². The van der Waals surface area contributed by atoms with Crippen molar-refractivity contribution in [1.29, 1.82) is 0 Å². The lowest BCUT2D eigenvalue weighted by Crippen LogP contribution is -2.38. The highest BCUT2D eigenvalue weighted by molar-refractivity contribution is 6.42. The van der Waals surface area contributed by atoms with E-state index in [1.54, 1.807) is 17.0 Å². The first-order valence-corrected chi connectivity index (χ1v) is 6.87. The second kappa shape index (κ2) is 5.66. The predicted molar refractivity (Wildman–Crippen MR) is 75.9 cm³/mol. The smallest absolute Gasteiger partial charge is 0.244 e. The van der Waals surface area contributed by atoms with Crippen LogP contribution in [-0.2, 0) is 4.79 Å². The number of rotatable bonds is 3. The fraction of sp³-hybridized carbons (Fsp3) is 0.417. The van der Waals surface area contributed by atoms with Crippen LogP contribution in [0.2, 0.25) is 15.1 Å². The highest BCUT2D eigenvalue weighted by atomic mass is 35.5. The first-order valence-electron chi connectivity index (χ1n) is 5.74. The quantitative estimate of drug-likeness (QED) is 0.928. The van der Waals surface area contributed by atoms with E-state index in [1.165, 1.54) is 0 Å². The third kappa shape index (κ3) is 2.59. The van der Waals surface area contributed by atoms with Crippen LogP contribution in [0.4, 0.5) is 5.69 Å². The summed E-state index contributed by atoms with van der Waals surface area (Å²) in [4.78, 5) is 13.8. The summed E-state index contributed by atoms with van der Waals surface area (Å²) in [5, 5.41) is 4.40. The minimum Gasteiger partial charge on any atom is -0.308 e. The number of anilines is 1. The number of benzene rings is 1. The van der Waals surface area contributed by atoms with Crippen LogP contribution in [0.15, 0.2) is 12.1 Å². The van der Waals surface area contributed by atoms with Crippen LogP contribution in [0, 0.1) is 0 Å². The molecule has 0 spiro atoms. The first kappa shape index (κ1) is 13.9. The zero-order valence-corrected chi connectivity index (χ0v) is 12.1. The molecule has 1 saturated heterocycles. The molecular weight excluding hydrogens is 295 g/mol. The highest BCUT2D eigenvalue weighted by Gasteiger charge is 2.33. The number of hydrogen-bond acceptors (Lipinski definition) is 2. The van der Waals surface area contributed by atoms with E-state index in [0.29, 0.717) is 27.3 Å². The summed E-state index contributed by atoms with van der Waals surface area (Å²) in [5.74, 6) is 0.00275. The molecule has 1 unspecified atom stereocenters. The third-order valence-corrected chi connectivity index (χ3v) is 3.70. The Morgan fingerprint density at radius 2 is 1.94 bits per heavy atom. The first-order chi connectivity index (χ1) is 8.54. The van der Waals surface area contributed by atoms with Crippen molar-refractivity contribution in [2.75, 3.05) is 18.0 Å². The minimum absolute atomic E-state index is 0.00275. The van der Waals surface area contributed by atoms with Gasteiger partial charge < -0.3 is 10.2 Å². The number of carbonyl (C=O) groups excluding carboxylic acids is 1. The Morgan fingerprint density at radius 1 is 1.33 bits per heavy atom. The molecule has 6 heteroatoms. The molecule has 1 aromatic carbocycles. The molecule has 3 nitrogen and oxygen atoms in total. The molecule has 2 rings (SSSR count). The number of hydrogen-bond donors (Lipinski definition) is 1. The Bertz CT molecular complexity index is 455. The molecule has 1 amide bonds. The van der Waals surface area contributed by atoms with E-state index in [0.717, 1.165) is 13.0 Å². The van der Waals surface area contributed by atoms with E-state index >= 15 is 0 Å². The Balaban J connectivity index is 2.31. The number of likely N-dealkylation sites (N-methyl/N-ethyl adjacent to an activating group) is 1. The predicted octanol–water partition coefficient (Wildman–Crippen LogP) is 3.36. The Hall–Kier alpha value is -0.480. The van der Waals surface area contributed by atoms with Gasteiger partial charge in [0.1, 0.15) is 0 Å². The van der Waals surface area contributed by atoms with Gasteiger partial charge in [-0.3, -0.25) is 4.79 Å². The van der Waals surface area contributed by atoms with Crippen LogP contribution in [0.25, 0.3) is 0 Å². The fourth-order valence-corrected chi connectivity index (χ4v) is 3.15. The maximum Gasteiger partial charge on any atom is 0.244 e. The van der Waals surface area contributed by atoms with Gasteiger partial charge in [0.2, 0.25) is 5.91 Å². The molecule has 0 bridgehead atoms. The second-order valence-corrected chi connectivity index (χ2v) is 5.36. The SMILES string of the molecule is CCNC1CCN(c2c(Cl)cc(Cl)cc2Cl)C1=O. The zero-order chi connectivity index (χ0) is 13.3. The van der Waals surface area contributed by atoms with Gasteiger partial charge in [0.15, 0.2) is 0 Å². The van der Waals surface area contributed by atoms with E-state index in [4.69, 9.17) is 34.8 Å². The van der Waals surface area contributed by atoms with E-state index in [2.05, 4.69) is 5.32 Å². The molecule has 0 aromatic heterocycles. The third-order valence-electron chi connectivity index (χ3n) is 2.91.